The van der Waals surface area contributed by atoms with Gasteiger partial charge >= 0.3 is 17.8 Å². The molecule has 4 aliphatic carbocycles. The summed E-state index contributed by atoms with van der Waals surface area (Å²) in [5.74, 6) is -10.7. The standard InChI is InChI=1S/C29H34F4O3/c1-26-14-12-20(36-25(35)29(32,33)28(30,31)17-34)16-19(26)8-9-21-23-11-10-22(18-6-4-3-5-7-18)27(23,2)15-13-24(21)26/h3-8,10,20-21,23-24,34H,9,11-17H2,1-2H3/t20-,21?,23?,24?,26-,27+/m0/s1. The number of benzene rings is 1. The number of fused-ring (bicyclic) bond motifs is 5. The molecule has 0 aliphatic heterocycles. The van der Waals surface area contributed by atoms with Crippen molar-refractivity contribution in [1.29, 1.82) is 0 Å². The number of aliphatic hydroxyl groups is 1. The Morgan fingerprint density at radius 2 is 1.69 bits per heavy atom. The Morgan fingerprint density at radius 1 is 1.00 bits per heavy atom. The van der Waals surface area contributed by atoms with Crippen molar-refractivity contribution < 1.29 is 32.2 Å². The van der Waals surface area contributed by atoms with Gasteiger partial charge in [-0.1, -0.05) is 61.9 Å². The van der Waals surface area contributed by atoms with Gasteiger partial charge in [0, 0.05) is 6.42 Å². The number of hydrogen-bond donors (Lipinski definition) is 1. The largest absolute Gasteiger partial charge is 0.457 e. The smallest absolute Gasteiger partial charge is 0.406 e. The van der Waals surface area contributed by atoms with Crippen molar-refractivity contribution in [3.63, 3.8) is 0 Å². The zero-order valence-electron chi connectivity index (χ0n) is 20.8. The minimum Gasteiger partial charge on any atom is -0.457 e. The third kappa shape index (κ3) is 3.75. The molecule has 1 N–H and O–H groups in total. The highest BCUT2D eigenvalue weighted by molar-refractivity contribution is 5.79. The Bertz CT molecular complexity index is 1080. The van der Waals surface area contributed by atoms with Crippen LogP contribution in [0.2, 0.25) is 0 Å². The van der Waals surface area contributed by atoms with E-state index in [0.717, 1.165) is 31.3 Å². The van der Waals surface area contributed by atoms with Crippen LogP contribution in [-0.4, -0.2) is 35.6 Å². The lowest BCUT2D eigenvalue weighted by Gasteiger charge is -2.58. The zero-order valence-corrected chi connectivity index (χ0v) is 20.8. The Hall–Kier alpha value is -2.15. The highest BCUT2D eigenvalue weighted by atomic mass is 19.3. The number of halogens is 4. The number of carbonyl (C=O) groups is 1. The fourth-order valence-electron chi connectivity index (χ4n) is 7.83. The molecule has 3 nitrogen and oxygen atoms in total. The van der Waals surface area contributed by atoms with Gasteiger partial charge in [-0.3, -0.25) is 0 Å². The molecule has 1 aromatic rings. The van der Waals surface area contributed by atoms with E-state index >= 15 is 0 Å². The maximum Gasteiger partial charge on any atom is 0.406 e. The molecule has 1 aromatic carbocycles. The van der Waals surface area contributed by atoms with Crippen LogP contribution in [-0.2, 0) is 9.53 Å². The number of carbonyl (C=O) groups excluding carboxylic acids is 1. The predicted molar refractivity (Wildman–Crippen MR) is 128 cm³/mol. The van der Waals surface area contributed by atoms with E-state index < -0.39 is 30.5 Å². The summed E-state index contributed by atoms with van der Waals surface area (Å²) in [5.41, 5.74) is 3.86. The van der Waals surface area contributed by atoms with E-state index in [1.54, 1.807) is 0 Å². The summed E-state index contributed by atoms with van der Waals surface area (Å²) in [5, 5.41) is 8.60. The molecule has 6 atom stereocenters. The highest BCUT2D eigenvalue weighted by Gasteiger charge is 2.64. The molecule has 2 fully saturated rings. The molecule has 0 radical (unpaired) electrons. The van der Waals surface area contributed by atoms with E-state index in [0.29, 0.717) is 37.0 Å². The van der Waals surface area contributed by atoms with Gasteiger partial charge in [0.05, 0.1) is 0 Å². The van der Waals surface area contributed by atoms with Crippen LogP contribution in [0.25, 0.3) is 5.57 Å². The van der Waals surface area contributed by atoms with Crippen LogP contribution in [0.4, 0.5) is 17.6 Å². The zero-order chi connectivity index (χ0) is 25.9. The minimum atomic E-state index is -5.06. The minimum absolute atomic E-state index is 0.111. The average molecular weight is 507 g/mol. The molecule has 36 heavy (non-hydrogen) atoms. The second-order valence-electron chi connectivity index (χ2n) is 11.6. The molecule has 0 bridgehead atoms. The van der Waals surface area contributed by atoms with Crippen LogP contribution < -0.4 is 0 Å². The number of aliphatic hydroxyl groups excluding tert-OH is 1. The van der Waals surface area contributed by atoms with Crippen molar-refractivity contribution >= 4 is 11.5 Å². The molecule has 3 unspecified atom stereocenters. The predicted octanol–water partition coefficient (Wildman–Crippen LogP) is 6.82. The van der Waals surface area contributed by atoms with Gasteiger partial charge in [0.15, 0.2) is 0 Å². The summed E-state index contributed by atoms with van der Waals surface area (Å²) in [6.07, 6.45) is 9.19. The molecule has 0 amide bonds. The molecule has 0 saturated heterocycles. The van der Waals surface area contributed by atoms with Crippen LogP contribution in [0.15, 0.2) is 48.1 Å². The van der Waals surface area contributed by atoms with E-state index in [4.69, 9.17) is 9.84 Å². The summed E-state index contributed by atoms with van der Waals surface area (Å²) in [6, 6.07) is 10.6. The molecule has 0 aromatic heterocycles. The summed E-state index contributed by atoms with van der Waals surface area (Å²) in [7, 11) is 0. The van der Waals surface area contributed by atoms with Crippen LogP contribution in [0.5, 0.6) is 0 Å². The first-order valence-corrected chi connectivity index (χ1v) is 13.0. The van der Waals surface area contributed by atoms with Gasteiger partial charge in [0.2, 0.25) is 0 Å². The molecule has 196 valence electrons. The Morgan fingerprint density at radius 3 is 2.39 bits per heavy atom. The van der Waals surface area contributed by atoms with Gasteiger partial charge < -0.3 is 9.84 Å². The van der Waals surface area contributed by atoms with Crippen LogP contribution in [0.1, 0.15) is 64.4 Å². The molecule has 4 aliphatic rings. The average Bonchev–Trinajstić information content (AvgIpc) is 3.21. The molecule has 7 heteroatoms. The van der Waals surface area contributed by atoms with Crippen LogP contribution in [0.3, 0.4) is 0 Å². The molecular weight excluding hydrogens is 472 g/mol. The summed E-state index contributed by atoms with van der Waals surface area (Å²) < 4.78 is 59.5. The maximum absolute atomic E-state index is 13.9. The van der Waals surface area contributed by atoms with Crippen molar-refractivity contribution in [2.45, 2.75) is 76.7 Å². The summed E-state index contributed by atoms with van der Waals surface area (Å²) in [4.78, 5) is 11.9. The van der Waals surface area contributed by atoms with Crippen molar-refractivity contribution in [2.75, 3.05) is 6.61 Å². The monoisotopic (exact) mass is 506 g/mol. The van der Waals surface area contributed by atoms with Crippen molar-refractivity contribution in [2.24, 2.45) is 28.6 Å². The molecular formula is C29H34F4O3. The highest BCUT2D eigenvalue weighted by Crippen LogP contribution is 2.66. The number of ether oxygens (including phenoxy) is 1. The van der Waals surface area contributed by atoms with E-state index in [2.05, 4.69) is 50.3 Å². The lowest BCUT2D eigenvalue weighted by molar-refractivity contribution is -0.241. The fraction of sp³-hybridized carbons (Fsp3) is 0.621. The first kappa shape index (κ1) is 25.5. The molecule has 2 saturated carbocycles. The van der Waals surface area contributed by atoms with Crippen LogP contribution >= 0.6 is 0 Å². The first-order valence-electron chi connectivity index (χ1n) is 13.0. The van der Waals surface area contributed by atoms with E-state index in [1.165, 1.54) is 11.1 Å². The molecule has 5 rings (SSSR count). The maximum atomic E-state index is 13.9. The quantitative estimate of drug-likeness (QED) is 0.271. The number of alkyl halides is 4. The van der Waals surface area contributed by atoms with Crippen molar-refractivity contribution in [1.82, 2.24) is 0 Å². The SMILES string of the molecule is C[C@]12CC[C@H](OC(=O)C(F)(F)C(F)(F)CO)CC1=CCC1C2CC[C@]2(C)C(c3ccccc3)=CCC12. The second kappa shape index (κ2) is 8.71. The molecule has 0 heterocycles. The normalized spacial score (nSPS) is 36.2. The third-order valence-corrected chi connectivity index (χ3v) is 9.91. The Labute approximate surface area is 209 Å². The summed E-state index contributed by atoms with van der Waals surface area (Å²) in [6.45, 7) is 2.53. The van der Waals surface area contributed by atoms with Gasteiger partial charge in [0.1, 0.15) is 12.7 Å². The lowest BCUT2D eigenvalue weighted by Crippen LogP contribution is -2.52. The Balaban J connectivity index is 1.32. The van der Waals surface area contributed by atoms with Gasteiger partial charge in [-0.05, 0) is 78.2 Å². The second-order valence-corrected chi connectivity index (χ2v) is 11.6. The van der Waals surface area contributed by atoms with E-state index in [-0.39, 0.29) is 10.8 Å². The van der Waals surface area contributed by atoms with E-state index in [1.807, 2.05) is 6.07 Å². The topological polar surface area (TPSA) is 46.5 Å². The van der Waals surface area contributed by atoms with E-state index in [9.17, 15) is 22.4 Å². The first-order chi connectivity index (χ1) is 16.9. The number of allylic oxidation sites excluding steroid dienone is 3. The summed E-state index contributed by atoms with van der Waals surface area (Å²) >= 11 is 0. The fourth-order valence-corrected chi connectivity index (χ4v) is 7.83. The van der Waals surface area contributed by atoms with Gasteiger partial charge in [-0.15, -0.1) is 0 Å². The Kier molecular flexibility index (Phi) is 6.17. The number of hydrogen-bond acceptors (Lipinski definition) is 3. The lowest BCUT2D eigenvalue weighted by atomic mass is 9.47. The third-order valence-electron chi connectivity index (χ3n) is 9.91. The number of esters is 1. The van der Waals surface area contributed by atoms with Gasteiger partial charge in [-0.2, -0.15) is 17.6 Å². The van der Waals surface area contributed by atoms with Crippen molar-refractivity contribution in [3.05, 3.63) is 53.6 Å². The van der Waals surface area contributed by atoms with Crippen molar-refractivity contribution in [3.8, 4) is 0 Å². The molecule has 0 spiro atoms. The van der Waals surface area contributed by atoms with Gasteiger partial charge in [-0.25, -0.2) is 4.79 Å². The number of rotatable bonds is 5. The van der Waals surface area contributed by atoms with Gasteiger partial charge in [0.25, 0.3) is 0 Å². The van der Waals surface area contributed by atoms with Crippen LogP contribution in [0, 0.1) is 28.6 Å².